The van der Waals surface area contributed by atoms with Crippen molar-refractivity contribution in [3.8, 4) is 0 Å². The summed E-state index contributed by atoms with van der Waals surface area (Å²) in [5.74, 6) is 1.83. The normalized spacial score (nSPS) is 24.0. The molecule has 2 fully saturated rings. The van der Waals surface area contributed by atoms with Crippen LogP contribution in [0.5, 0.6) is 0 Å². The van der Waals surface area contributed by atoms with Crippen molar-refractivity contribution < 1.29 is 4.74 Å². The van der Waals surface area contributed by atoms with Gasteiger partial charge in [-0.2, -0.15) is 0 Å². The predicted molar refractivity (Wildman–Crippen MR) is 59.0 cm³/mol. The Labute approximate surface area is 88.2 Å². The minimum atomic E-state index is 0.879. The molecule has 2 rings (SSSR count). The minimum absolute atomic E-state index is 0.879. The third kappa shape index (κ3) is 4.00. The molecule has 0 aromatic rings. The van der Waals surface area contributed by atoms with Gasteiger partial charge in [-0.3, -0.25) is 0 Å². The first kappa shape index (κ1) is 10.5. The first-order chi connectivity index (χ1) is 6.95. The van der Waals surface area contributed by atoms with Gasteiger partial charge < -0.3 is 4.74 Å². The van der Waals surface area contributed by atoms with Crippen LogP contribution in [0.1, 0.15) is 51.4 Å². The summed E-state index contributed by atoms with van der Waals surface area (Å²) in [5.41, 5.74) is 0. The van der Waals surface area contributed by atoms with E-state index in [1.54, 1.807) is 0 Å². The summed E-state index contributed by atoms with van der Waals surface area (Å²) in [6.45, 7) is 1.99. The minimum Gasteiger partial charge on any atom is -0.381 e. The summed E-state index contributed by atoms with van der Waals surface area (Å²) in [7, 11) is 0. The molecule has 2 aliphatic rings. The van der Waals surface area contributed by atoms with E-state index in [1.165, 1.54) is 51.4 Å². The molecule has 1 radical (unpaired) electrons. The van der Waals surface area contributed by atoms with Gasteiger partial charge >= 0.3 is 0 Å². The molecule has 0 saturated heterocycles. The Hall–Kier alpha value is -0.0400. The Bertz CT molecular complexity index is 145. The highest BCUT2D eigenvalue weighted by atomic mass is 16.5. The standard InChI is InChI=1S/C13H23O/c1-2-5-13(6-3-1)11-14-10-4-7-12-8-9-12/h7,12-13H,1-6,8-11H2. The van der Waals surface area contributed by atoms with Crippen molar-refractivity contribution in [1.29, 1.82) is 0 Å². The van der Waals surface area contributed by atoms with Gasteiger partial charge in [0, 0.05) is 13.2 Å². The molecule has 0 aliphatic heterocycles. The third-order valence-corrected chi connectivity index (χ3v) is 3.46. The fourth-order valence-corrected chi connectivity index (χ4v) is 2.32. The van der Waals surface area contributed by atoms with Gasteiger partial charge in [0.1, 0.15) is 0 Å². The van der Waals surface area contributed by atoms with Crippen LogP contribution < -0.4 is 0 Å². The van der Waals surface area contributed by atoms with E-state index in [0.717, 1.165) is 25.0 Å². The summed E-state index contributed by atoms with van der Waals surface area (Å²) in [4.78, 5) is 0. The van der Waals surface area contributed by atoms with Gasteiger partial charge in [0.15, 0.2) is 0 Å². The van der Waals surface area contributed by atoms with Crippen LogP contribution in [0.3, 0.4) is 0 Å². The maximum atomic E-state index is 5.72. The lowest BCUT2D eigenvalue weighted by Gasteiger charge is -2.21. The smallest absolute Gasteiger partial charge is 0.0494 e. The Kier molecular flexibility index (Phi) is 4.30. The first-order valence-corrected chi connectivity index (χ1v) is 6.36. The van der Waals surface area contributed by atoms with Crippen molar-refractivity contribution in [2.75, 3.05) is 13.2 Å². The van der Waals surface area contributed by atoms with Crippen LogP contribution in [-0.4, -0.2) is 13.2 Å². The molecule has 0 aromatic carbocycles. The molecule has 0 unspecified atom stereocenters. The first-order valence-electron chi connectivity index (χ1n) is 6.36. The summed E-state index contributed by atoms with van der Waals surface area (Å²) in [5, 5.41) is 0. The molecule has 81 valence electrons. The summed E-state index contributed by atoms with van der Waals surface area (Å²) < 4.78 is 5.72. The van der Waals surface area contributed by atoms with Crippen LogP contribution in [0.4, 0.5) is 0 Å². The highest BCUT2D eigenvalue weighted by molar-refractivity contribution is 4.86. The maximum Gasteiger partial charge on any atom is 0.0494 e. The van der Waals surface area contributed by atoms with Gasteiger partial charge in [-0.25, -0.2) is 0 Å². The monoisotopic (exact) mass is 195 g/mol. The van der Waals surface area contributed by atoms with E-state index >= 15 is 0 Å². The Balaban J connectivity index is 1.41. The summed E-state index contributed by atoms with van der Waals surface area (Å²) in [6.07, 6.45) is 13.6. The second-order valence-electron chi connectivity index (χ2n) is 4.94. The molecular weight excluding hydrogens is 172 g/mol. The molecule has 0 amide bonds. The van der Waals surface area contributed by atoms with Gasteiger partial charge in [-0.15, -0.1) is 0 Å². The molecule has 1 nitrogen and oxygen atoms in total. The van der Waals surface area contributed by atoms with Crippen LogP contribution in [-0.2, 0) is 4.74 Å². The summed E-state index contributed by atoms with van der Waals surface area (Å²) >= 11 is 0. The van der Waals surface area contributed by atoms with Crippen LogP contribution in [0.2, 0.25) is 0 Å². The largest absolute Gasteiger partial charge is 0.381 e. The highest BCUT2D eigenvalue weighted by Crippen LogP contribution is 2.32. The van der Waals surface area contributed by atoms with Gasteiger partial charge in [-0.1, -0.05) is 19.3 Å². The lowest BCUT2D eigenvalue weighted by molar-refractivity contribution is 0.0865. The van der Waals surface area contributed by atoms with Gasteiger partial charge in [0.05, 0.1) is 0 Å². The molecule has 0 aromatic heterocycles. The molecule has 1 heteroatoms. The molecule has 0 heterocycles. The lowest BCUT2D eigenvalue weighted by Crippen LogP contribution is -2.13. The molecule has 0 N–H and O–H groups in total. The Morgan fingerprint density at radius 1 is 1.00 bits per heavy atom. The molecule has 2 aliphatic carbocycles. The second-order valence-corrected chi connectivity index (χ2v) is 4.94. The van der Waals surface area contributed by atoms with Crippen molar-refractivity contribution in [3.63, 3.8) is 0 Å². The van der Waals surface area contributed by atoms with E-state index in [2.05, 4.69) is 6.42 Å². The highest BCUT2D eigenvalue weighted by Gasteiger charge is 2.20. The van der Waals surface area contributed by atoms with Crippen LogP contribution >= 0.6 is 0 Å². The number of ether oxygens (including phenoxy) is 1. The van der Waals surface area contributed by atoms with Crippen molar-refractivity contribution in [3.05, 3.63) is 6.42 Å². The van der Waals surface area contributed by atoms with Crippen LogP contribution in [0.25, 0.3) is 0 Å². The van der Waals surface area contributed by atoms with Gasteiger partial charge in [-0.05, 0) is 50.4 Å². The van der Waals surface area contributed by atoms with E-state index in [4.69, 9.17) is 4.74 Å². The van der Waals surface area contributed by atoms with Crippen LogP contribution in [0, 0.1) is 18.3 Å². The van der Waals surface area contributed by atoms with Crippen molar-refractivity contribution in [1.82, 2.24) is 0 Å². The van der Waals surface area contributed by atoms with E-state index in [0.29, 0.717) is 0 Å². The second kappa shape index (κ2) is 5.75. The third-order valence-electron chi connectivity index (χ3n) is 3.46. The fraction of sp³-hybridized carbons (Fsp3) is 0.923. The molecule has 2 saturated carbocycles. The number of rotatable bonds is 6. The Morgan fingerprint density at radius 2 is 1.79 bits per heavy atom. The lowest BCUT2D eigenvalue weighted by atomic mass is 9.90. The van der Waals surface area contributed by atoms with E-state index in [9.17, 15) is 0 Å². The average Bonchev–Trinajstić information content (AvgIpc) is 3.03. The van der Waals surface area contributed by atoms with Crippen molar-refractivity contribution in [2.45, 2.75) is 51.4 Å². The number of hydrogen-bond donors (Lipinski definition) is 0. The van der Waals surface area contributed by atoms with Crippen molar-refractivity contribution >= 4 is 0 Å². The van der Waals surface area contributed by atoms with Crippen LogP contribution in [0.15, 0.2) is 0 Å². The zero-order chi connectivity index (χ0) is 9.64. The molecule has 0 spiro atoms. The molecule has 0 bridgehead atoms. The fourth-order valence-electron chi connectivity index (χ4n) is 2.32. The SMILES string of the molecule is [CH](CCOCC1CCCCC1)C1CC1. The van der Waals surface area contributed by atoms with Crippen molar-refractivity contribution in [2.24, 2.45) is 11.8 Å². The summed E-state index contributed by atoms with van der Waals surface area (Å²) in [6, 6.07) is 0. The Morgan fingerprint density at radius 3 is 2.50 bits per heavy atom. The van der Waals surface area contributed by atoms with E-state index in [1.807, 2.05) is 0 Å². The quantitative estimate of drug-likeness (QED) is 0.588. The number of hydrogen-bond acceptors (Lipinski definition) is 1. The van der Waals surface area contributed by atoms with E-state index < -0.39 is 0 Å². The maximum absolute atomic E-state index is 5.72. The van der Waals surface area contributed by atoms with Gasteiger partial charge in [0.25, 0.3) is 0 Å². The van der Waals surface area contributed by atoms with E-state index in [-0.39, 0.29) is 0 Å². The molecule has 0 atom stereocenters. The zero-order valence-corrected chi connectivity index (χ0v) is 9.21. The zero-order valence-electron chi connectivity index (χ0n) is 9.21. The average molecular weight is 195 g/mol. The molecular formula is C13H23O. The topological polar surface area (TPSA) is 9.23 Å². The molecule has 14 heavy (non-hydrogen) atoms. The van der Waals surface area contributed by atoms with Gasteiger partial charge in [0.2, 0.25) is 0 Å². The predicted octanol–water partition coefficient (Wildman–Crippen LogP) is 3.59.